The van der Waals surface area contributed by atoms with Gasteiger partial charge in [0.25, 0.3) is 0 Å². The molecule has 2 rings (SSSR count). The van der Waals surface area contributed by atoms with Crippen molar-refractivity contribution in [2.45, 2.75) is 52.6 Å². The van der Waals surface area contributed by atoms with Crippen LogP contribution in [0.3, 0.4) is 0 Å². The van der Waals surface area contributed by atoms with Crippen molar-refractivity contribution < 1.29 is 18.7 Å². The second-order valence-electron chi connectivity index (χ2n) is 7.31. The third kappa shape index (κ3) is 3.06. The van der Waals surface area contributed by atoms with Crippen LogP contribution in [0.5, 0.6) is 0 Å². The molecule has 0 radical (unpaired) electrons. The molecule has 0 aromatic heterocycles. The molecule has 0 spiro atoms. The molecule has 4 heteroatoms. The van der Waals surface area contributed by atoms with Crippen LogP contribution in [0.15, 0.2) is 24.3 Å². The molecule has 1 unspecified atom stereocenters. The predicted molar refractivity (Wildman–Crippen MR) is 81.9 cm³/mol. The standard InChI is InChI=1S/C18H23FO3/c1-17(2)11-15(22-16(17)21)18(3,4)14(9-10-20)12-5-7-13(19)8-6-12/h5-8,10,14-15H,9,11H2,1-4H3/t14-,15?/m1/s1. The predicted octanol–water partition coefficient (Wildman–Crippen LogP) is 3.87. The molecule has 0 aliphatic carbocycles. The Morgan fingerprint density at radius 1 is 1.36 bits per heavy atom. The van der Waals surface area contributed by atoms with E-state index in [0.717, 1.165) is 11.8 Å². The molecular weight excluding hydrogens is 283 g/mol. The zero-order valence-corrected chi connectivity index (χ0v) is 13.6. The fourth-order valence-electron chi connectivity index (χ4n) is 3.18. The fraction of sp³-hybridized carbons (Fsp3) is 0.556. The van der Waals surface area contributed by atoms with Gasteiger partial charge in [0.15, 0.2) is 0 Å². The van der Waals surface area contributed by atoms with Crippen LogP contribution in [0, 0.1) is 16.6 Å². The van der Waals surface area contributed by atoms with Gasteiger partial charge in [0.05, 0.1) is 5.41 Å². The van der Waals surface area contributed by atoms with E-state index >= 15 is 0 Å². The Balaban J connectivity index is 2.32. The SMILES string of the molecule is CC1(C)CC(C(C)(C)[C@H](CC=O)c2ccc(F)cc2)OC1=O. The summed E-state index contributed by atoms with van der Waals surface area (Å²) in [6, 6.07) is 6.20. The molecule has 22 heavy (non-hydrogen) atoms. The quantitative estimate of drug-likeness (QED) is 0.613. The van der Waals surface area contributed by atoms with Crippen LogP contribution in [-0.4, -0.2) is 18.4 Å². The zero-order valence-electron chi connectivity index (χ0n) is 13.6. The summed E-state index contributed by atoms with van der Waals surface area (Å²) in [6.45, 7) is 7.75. The number of hydrogen-bond acceptors (Lipinski definition) is 3. The lowest BCUT2D eigenvalue weighted by Crippen LogP contribution is -2.36. The second-order valence-corrected chi connectivity index (χ2v) is 7.31. The molecule has 1 aromatic rings. The number of aldehydes is 1. The first-order valence-electron chi connectivity index (χ1n) is 7.58. The van der Waals surface area contributed by atoms with Gasteiger partial charge in [0.1, 0.15) is 18.2 Å². The van der Waals surface area contributed by atoms with Crippen molar-refractivity contribution in [2.75, 3.05) is 0 Å². The van der Waals surface area contributed by atoms with Gasteiger partial charge in [-0.2, -0.15) is 0 Å². The Bertz CT molecular complexity index is 560. The van der Waals surface area contributed by atoms with E-state index in [0.29, 0.717) is 12.8 Å². The lowest BCUT2D eigenvalue weighted by atomic mass is 9.67. The van der Waals surface area contributed by atoms with Crippen molar-refractivity contribution in [2.24, 2.45) is 10.8 Å². The van der Waals surface area contributed by atoms with Crippen molar-refractivity contribution in [3.05, 3.63) is 35.6 Å². The van der Waals surface area contributed by atoms with Gasteiger partial charge in [-0.05, 0) is 37.5 Å². The summed E-state index contributed by atoms with van der Waals surface area (Å²) in [4.78, 5) is 23.1. The Labute approximate surface area is 130 Å². The maximum absolute atomic E-state index is 13.1. The number of esters is 1. The van der Waals surface area contributed by atoms with Gasteiger partial charge >= 0.3 is 5.97 Å². The van der Waals surface area contributed by atoms with Gasteiger partial charge in [0, 0.05) is 18.3 Å². The average molecular weight is 306 g/mol. The van der Waals surface area contributed by atoms with Gasteiger partial charge in [0.2, 0.25) is 0 Å². The van der Waals surface area contributed by atoms with Gasteiger partial charge in [-0.25, -0.2) is 4.39 Å². The number of cyclic esters (lactones) is 1. The third-order valence-corrected chi connectivity index (χ3v) is 4.83. The lowest BCUT2D eigenvalue weighted by Gasteiger charge is -2.38. The first kappa shape index (κ1) is 16.7. The zero-order chi connectivity index (χ0) is 16.5. The molecule has 1 aliphatic rings. The van der Waals surface area contributed by atoms with Crippen LogP contribution < -0.4 is 0 Å². The summed E-state index contributed by atoms with van der Waals surface area (Å²) >= 11 is 0. The summed E-state index contributed by atoms with van der Waals surface area (Å²) in [5.74, 6) is -0.633. The summed E-state index contributed by atoms with van der Waals surface area (Å²) in [6.07, 6.45) is 1.55. The number of hydrogen-bond donors (Lipinski definition) is 0. The van der Waals surface area contributed by atoms with Crippen molar-refractivity contribution in [3.8, 4) is 0 Å². The number of carbonyl (C=O) groups is 2. The highest BCUT2D eigenvalue weighted by Gasteiger charge is 2.50. The highest BCUT2D eigenvalue weighted by molar-refractivity contribution is 5.78. The van der Waals surface area contributed by atoms with Crippen LogP contribution in [0.4, 0.5) is 4.39 Å². The summed E-state index contributed by atoms with van der Waals surface area (Å²) < 4.78 is 18.7. The molecule has 0 amide bonds. The van der Waals surface area contributed by atoms with Gasteiger partial charge in [-0.15, -0.1) is 0 Å². The minimum atomic E-state index is -0.504. The Hall–Kier alpha value is -1.71. The number of ether oxygens (including phenoxy) is 1. The van der Waals surface area contributed by atoms with Gasteiger partial charge in [-0.1, -0.05) is 26.0 Å². The lowest BCUT2D eigenvalue weighted by molar-refractivity contribution is -0.151. The largest absolute Gasteiger partial charge is 0.461 e. The van der Waals surface area contributed by atoms with E-state index in [-0.39, 0.29) is 23.8 Å². The molecule has 0 bridgehead atoms. The minimum absolute atomic E-state index is 0.128. The summed E-state index contributed by atoms with van der Waals surface area (Å²) in [7, 11) is 0. The molecule has 1 saturated heterocycles. The first-order chi connectivity index (χ1) is 10.2. The monoisotopic (exact) mass is 306 g/mol. The molecule has 0 N–H and O–H groups in total. The molecular formula is C18H23FO3. The maximum atomic E-state index is 13.1. The number of benzene rings is 1. The van der Waals surface area contributed by atoms with E-state index < -0.39 is 10.8 Å². The molecule has 1 fully saturated rings. The number of rotatable bonds is 5. The Morgan fingerprint density at radius 2 is 1.95 bits per heavy atom. The summed E-state index contributed by atoms with van der Waals surface area (Å²) in [5.41, 5.74) is -0.0298. The second kappa shape index (κ2) is 5.82. The van der Waals surface area contributed by atoms with Crippen LogP contribution in [0.2, 0.25) is 0 Å². The Morgan fingerprint density at radius 3 is 2.41 bits per heavy atom. The van der Waals surface area contributed by atoms with E-state index in [4.69, 9.17) is 4.74 Å². The smallest absolute Gasteiger partial charge is 0.311 e. The normalized spacial score (nSPS) is 22.2. The fourth-order valence-corrected chi connectivity index (χ4v) is 3.18. The maximum Gasteiger partial charge on any atom is 0.311 e. The molecule has 3 nitrogen and oxygen atoms in total. The van der Waals surface area contributed by atoms with E-state index in [9.17, 15) is 14.0 Å². The van der Waals surface area contributed by atoms with Gasteiger partial charge in [-0.3, -0.25) is 4.79 Å². The molecule has 0 saturated carbocycles. The summed E-state index contributed by atoms with van der Waals surface area (Å²) in [5, 5.41) is 0. The number of carbonyl (C=O) groups excluding carboxylic acids is 2. The van der Waals surface area contributed by atoms with Crippen molar-refractivity contribution >= 4 is 12.3 Å². The topological polar surface area (TPSA) is 43.4 Å². The van der Waals surface area contributed by atoms with Crippen molar-refractivity contribution in [1.29, 1.82) is 0 Å². The molecule has 1 heterocycles. The van der Waals surface area contributed by atoms with Crippen LogP contribution in [-0.2, 0) is 14.3 Å². The third-order valence-electron chi connectivity index (χ3n) is 4.83. The molecule has 2 atom stereocenters. The highest BCUT2D eigenvalue weighted by atomic mass is 19.1. The molecule has 1 aliphatic heterocycles. The van der Waals surface area contributed by atoms with E-state index in [2.05, 4.69) is 0 Å². The van der Waals surface area contributed by atoms with Crippen LogP contribution >= 0.6 is 0 Å². The van der Waals surface area contributed by atoms with Gasteiger partial charge < -0.3 is 9.53 Å². The highest BCUT2D eigenvalue weighted by Crippen LogP contribution is 2.48. The first-order valence-corrected chi connectivity index (χ1v) is 7.58. The Kier molecular flexibility index (Phi) is 4.41. The minimum Gasteiger partial charge on any atom is -0.461 e. The van der Waals surface area contributed by atoms with Crippen molar-refractivity contribution in [1.82, 2.24) is 0 Å². The van der Waals surface area contributed by atoms with Crippen molar-refractivity contribution in [3.63, 3.8) is 0 Å². The van der Waals surface area contributed by atoms with Crippen LogP contribution in [0.1, 0.15) is 52.0 Å². The average Bonchev–Trinajstić information content (AvgIpc) is 2.72. The van der Waals surface area contributed by atoms with E-state index in [1.54, 1.807) is 12.1 Å². The van der Waals surface area contributed by atoms with Crippen LogP contribution in [0.25, 0.3) is 0 Å². The number of halogens is 1. The molecule has 1 aromatic carbocycles. The van der Waals surface area contributed by atoms with E-state index in [1.807, 2.05) is 27.7 Å². The molecule has 120 valence electrons. The van der Waals surface area contributed by atoms with E-state index in [1.165, 1.54) is 12.1 Å².